The van der Waals surface area contributed by atoms with Gasteiger partial charge in [-0.3, -0.25) is 0 Å². The standard InChI is InChI=1S/C16H27NO6/c1-15(2)20-11-7-18-9(13(11)22-15)5-17-6-10-14-12(8-19-10)21-16(3,4)23-14/h9-14,17H,5-8H2,1-4H3/t9-,10-,11-,12+,13-,14+/m1/s1. The van der Waals surface area contributed by atoms with Crippen LogP contribution < -0.4 is 5.32 Å². The van der Waals surface area contributed by atoms with Gasteiger partial charge >= 0.3 is 0 Å². The highest BCUT2D eigenvalue weighted by molar-refractivity contribution is 4.95. The van der Waals surface area contributed by atoms with E-state index in [9.17, 15) is 0 Å². The molecule has 0 aromatic heterocycles. The molecule has 4 heterocycles. The van der Waals surface area contributed by atoms with Crippen molar-refractivity contribution in [3.63, 3.8) is 0 Å². The highest BCUT2D eigenvalue weighted by Gasteiger charge is 2.51. The van der Waals surface area contributed by atoms with Crippen LogP contribution in [0.25, 0.3) is 0 Å². The molecular weight excluding hydrogens is 302 g/mol. The van der Waals surface area contributed by atoms with E-state index in [-0.39, 0.29) is 36.6 Å². The van der Waals surface area contributed by atoms with E-state index in [0.717, 1.165) is 0 Å². The van der Waals surface area contributed by atoms with Gasteiger partial charge in [-0.05, 0) is 27.7 Å². The normalized spacial score (nSPS) is 47.0. The van der Waals surface area contributed by atoms with Gasteiger partial charge in [0.2, 0.25) is 0 Å². The maximum Gasteiger partial charge on any atom is 0.164 e. The van der Waals surface area contributed by atoms with Crippen LogP contribution in [0.1, 0.15) is 27.7 Å². The summed E-state index contributed by atoms with van der Waals surface area (Å²) in [6, 6.07) is 0. The summed E-state index contributed by atoms with van der Waals surface area (Å²) in [6.07, 6.45) is 0.0966. The van der Waals surface area contributed by atoms with Gasteiger partial charge in [-0.2, -0.15) is 0 Å². The molecule has 132 valence electrons. The Labute approximate surface area is 136 Å². The van der Waals surface area contributed by atoms with Crippen molar-refractivity contribution in [3.05, 3.63) is 0 Å². The lowest BCUT2D eigenvalue weighted by molar-refractivity contribution is -0.176. The first kappa shape index (κ1) is 16.2. The Morgan fingerprint density at radius 3 is 1.61 bits per heavy atom. The summed E-state index contributed by atoms with van der Waals surface area (Å²) in [5.74, 6) is -1.03. The zero-order chi connectivity index (χ0) is 16.2. The van der Waals surface area contributed by atoms with Crippen LogP contribution in [0.15, 0.2) is 0 Å². The first-order chi connectivity index (χ1) is 10.8. The second-order valence-electron chi connectivity index (χ2n) is 7.68. The smallest absolute Gasteiger partial charge is 0.164 e. The first-order valence-corrected chi connectivity index (χ1v) is 8.48. The van der Waals surface area contributed by atoms with Crippen LogP contribution in [0.5, 0.6) is 0 Å². The average Bonchev–Trinajstić information content (AvgIpc) is 3.11. The SMILES string of the molecule is CC1(C)O[C@@H]2[C@H](CO[C@@H]2CNC[C@H]2OC[C@H]3OC(C)(C)O[C@H]23)O1. The topological polar surface area (TPSA) is 67.4 Å². The minimum atomic E-state index is -0.514. The minimum Gasteiger partial charge on any atom is -0.371 e. The lowest BCUT2D eigenvalue weighted by Gasteiger charge is -2.24. The second kappa shape index (κ2) is 5.62. The van der Waals surface area contributed by atoms with Crippen molar-refractivity contribution in [3.8, 4) is 0 Å². The van der Waals surface area contributed by atoms with Gasteiger partial charge < -0.3 is 33.7 Å². The van der Waals surface area contributed by atoms with Gasteiger partial charge in [-0.25, -0.2) is 0 Å². The number of nitrogens with one attached hydrogen (secondary N) is 1. The quantitative estimate of drug-likeness (QED) is 0.801. The van der Waals surface area contributed by atoms with Crippen LogP contribution in [-0.2, 0) is 28.4 Å². The van der Waals surface area contributed by atoms with Crippen LogP contribution in [0.2, 0.25) is 0 Å². The zero-order valence-electron chi connectivity index (χ0n) is 14.2. The van der Waals surface area contributed by atoms with Crippen LogP contribution in [0.4, 0.5) is 0 Å². The van der Waals surface area contributed by atoms with Crippen LogP contribution >= 0.6 is 0 Å². The van der Waals surface area contributed by atoms with Crippen molar-refractivity contribution in [1.82, 2.24) is 5.32 Å². The molecule has 0 saturated carbocycles. The zero-order valence-corrected chi connectivity index (χ0v) is 14.2. The summed E-state index contributed by atoms with van der Waals surface area (Å²) < 4.78 is 35.1. The van der Waals surface area contributed by atoms with Gasteiger partial charge in [-0.1, -0.05) is 0 Å². The molecule has 0 aromatic carbocycles. The van der Waals surface area contributed by atoms with E-state index >= 15 is 0 Å². The molecule has 0 aromatic rings. The van der Waals surface area contributed by atoms with E-state index in [1.54, 1.807) is 0 Å². The van der Waals surface area contributed by atoms with Crippen LogP contribution in [-0.4, -0.2) is 74.5 Å². The van der Waals surface area contributed by atoms with Crippen molar-refractivity contribution < 1.29 is 28.4 Å². The molecule has 23 heavy (non-hydrogen) atoms. The van der Waals surface area contributed by atoms with Gasteiger partial charge in [0, 0.05) is 13.1 Å². The minimum absolute atomic E-state index is 0.000239. The molecule has 4 aliphatic rings. The lowest BCUT2D eigenvalue weighted by Crippen LogP contribution is -2.43. The molecule has 0 aliphatic carbocycles. The molecule has 0 amide bonds. The number of fused-ring (bicyclic) bond motifs is 2. The summed E-state index contributed by atoms with van der Waals surface area (Å²) in [6.45, 7) is 10.4. The third kappa shape index (κ3) is 3.16. The van der Waals surface area contributed by atoms with Gasteiger partial charge in [0.15, 0.2) is 11.6 Å². The molecule has 1 N–H and O–H groups in total. The highest BCUT2D eigenvalue weighted by atomic mass is 16.8. The van der Waals surface area contributed by atoms with E-state index < -0.39 is 11.6 Å². The van der Waals surface area contributed by atoms with Gasteiger partial charge in [0.25, 0.3) is 0 Å². The fraction of sp³-hybridized carbons (Fsp3) is 1.00. The Kier molecular flexibility index (Phi) is 3.96. The molecule has 7 nitrogen and oxygen atoms in total. The van der Waals surface area contributed by atoms with Gasteiger partial charge in [0.1, 0.15) is 24.4 Å². The molecule has 6 atom stereocenters. The summed E-state index contributed by atoms with van der Waals surface area (Å²) in [5, 5.41) is 3.43. The average molecular weight is 329 g/mol. The maximum atomic E-state index is 5.94. The summed E-state index contributed by atoms with van der Waals surface area (Å²) in [5.41, 5.74) is 0. The Hall–Kier alpha value is -0.280. The molecule has 4 fully saturated rings. The van der Waals surface area contributed by atoms with Gasteiger partial charge in [-0.15, -0.1) is 0 Å². The summed E-state index contributed by atoms with van der Waals surface area (Å²) in [7, 11) is 0. The second-order valence-corrected chi connectivity index (χ2v) is 7.68. The van der Waals surface area contributed by atoms with E-state index in [0.29, 0.717) is 26.3 Å². The van der Waals surface area contributed by atoms with E-state index in [2.05, 4.69) is 5.32 Å². The van der Waals surface area contributed by atoms with Crippen molar-refractivity contribution >= 4 is 0 Å². The number of hydrogen-bond donors (Lipinski definition) is 1. The Balaban J connectivity index is 1.25. The molecular formula is C16H27NO6. The molecule has 4 rings (SSSR count). The predicted molar refractivity (Wildman–Crippen MR) is 80.0 cm³/mol. The Morgan fingerprint density at radius 1 is 0.739 bits per heavy atom. The van der Waals surface area contributed by atoms with Crippen molar-refractivity contribution in [2.24, 2.45) is 0 Å². The third-order valence-corrected chi connectivity index (χ3v) is 4.82. The predicted octanol–water partition coefficient (Wildman–Crippen LogP) is 0.414. The number of hydrogen-bond acceptors (Lipinski definition) is 7. The van der Waals surface area contributed by atoms with Gasteiger partial charge in [0.05, 0.1) is 25.4 Å². The van der Waals surface area contributed by atoms with E-state index in [1.165, 1.54) is 0 Å². The lowest BCUT2D eigenvalue weighted by atomic mass is 10.1. The molecule has 0 unspecified atom stereocenters. The van der Waals surface area contributed by atoms with Crippen LogP contribution in [0, 0.1) is 0 Å². The molecule has 4 aliphatic heterocycles. The molecule has 4 saturated heterocycles. The Morgan fingerprint density at radius 2 is 1.17 bits per heavy atom. The summed E-state index contributed by atoms with van der Waals surface area (Å²) in [4.78, 5) is 0. The Bertz CT molecular complexity index is 416. The fourth-order valence-electron chi connectivity index (χ4n) is 3.96. The van der Waals surface area contributed by atoms with E-state index in [1.807, 2.05) is 27.7 Å². The molecule has 0 radical (unpaired) electrons. The van der Waals surface area contributed by atoms with Crippen LogP contribution in [0.3, 0.4) is 0 Å². The van der Waals surface area contributed by atoms with Crippen molar-refractivity contribution in [2.75, 3.05) is 26.3 Å². The fourth-order valence-corrected chi connectivity index (χ4v) is 3.96. The largest absolute Gasteiger partial charge is 0.371 e. The van der Waals surface area contributed by atoms with E-state index in [4.69, 9.17) is 28.4 Å². The number of ether oxygens (including phenoxy) is 6. The van der Waals surface area contributed by atoms with Crippen molar-refractivity contribution in [1.29, 1.82) is 0 Å². The summed E-state index contributed by atoms with van der Waals surface area (Å²) >= 11 is 0. The first-order valence-electron chi connectivity index (χ1n) is 8.48. The number of rotatable bonds is 4. The molecule has 7 heteroatoms. The highest BCUT2D eigenvalue weighted by Crippen LogP contribution is 2.36. The maximum absolute atomic E-state index is 5.94. The molecule has 0 spiro atoms. The van der Waals surface area contributed by atoms with Crippen molar-refractivity contribution in [2.45, 2.75) is 75.9 Å². The monoisotopic (exact) mass is 329 g/mol. The molecule has 0 bridgehead atoms. The third-order valence-electron chi connectivity index (χ3n) is 4.82.